The van der Waals surface area contributed by atoms with Crippen LogP contribution in [0.2, 0.25) is 5.02 Å². The zero-order chi connectivity index (χ0) is 21.3. The Morgan fingerprint density at radius 3 is 2.70 bits per heavy atom. The first-order valence-corrected chi connectivity index (χ1v) is 10.8. The number of thiazole rings is 1. The van der Waals surface area contributed by atoms with Crippen LogP contribution in [0.3, 0.4) is 0 Å². The highest BCUT2D eigenvalue weighted by Crippen LogP contribution is 2.32. The van der Waals surface area contributed by atoms with Gasteiger partial charge in [0.15, 0.2) is 10.8 Å². The van der Waals surface area contributed by atoms with Gasteiger partial charge in [-0.25, -0.2) is 4.68 Å². The van der Waals surface area contributed by atoms with Gasteiger partial charge in [-0.2, -0.15) is 10.1 Å². The van der Waals surface area contributed by atoms with Crippen LogP contribution in [0.25, 0.3) is 16.0 Å². The van der Waals surface area contributed by atoms with Gasteiger partial charge in [0, 0.05) is 18.6 Å². The topological polar surface area (TPSA) is 63.1 Å². The zero-order valence-electron chi connectivity index (χ0n) is 17.0. The van der Waals surface area contributed by atoms with Crippen LogP contribution in [-0.2, 0) is 11.3 Å². The minimum absolute atomic E-state index is 0.0754. The molecule has 8 heteroatoms. The van der Waals surface area contributed by atoms with Crippen molar-refractivity contribution >= 4 is 44.3 Å². The molecule has 0 atom stereocenters. The fourth-order valence-electron chi connectivity index (χ4n) is 3.14. The van der Waals surface area contributed by atoms with E-state index in [4.69, 9.17) is 16.6 Å². The average Bonchev–Trinajstić information content (AvgIpc) is 3.28. The first-order valence-electron chi connectivity index (χ1n) is 9.56. The first kappa shape index (κ1) is 20.4. The largest absolute Gasteiger partial charge is 0.350 e. The first-order chi connectivity index (χ1) is 14.4. The zero-order valence-corrected chi connectivity index (χ0v) is 18.6. The van der Waals surface area contributed by atoms with E-state index in [1.807, 2.05) is 60.0 Å². The van der Waals surface area contributed by atoms with E-state index in [0.29, 0.717) is 11.6 Å². The Kier molecular flexibility index (Phi) is 5.74. The fraction of sp³-hybridized carbons (Fsp3) is 0.227. The Balaban J connectivity index is 1.48. The van der Waals surface area contributed by atoms with Crippen LogP contribution in [0.4, 0.5) is 5.13 Å². The molecule has 0 aliphatic heterocycles. The summed E-state index contributed by atoms with van der Waals surface area (Å²) in [6, 6.07) is 15.6. The predicted molar refractivity (Wildman–Crippen MR) is 123 cm³/mol. The maximum atomic E-state index is 12.4. The number of fused-ring (bicyclic) bond motifs is 1. The van der Waals surface area contributed by atoms with Crippen LogP contribution in [0.15, 0.2) is 48.5 Å². The molecule has 2 aromatic heterocycles. The number of benzene rings is 2. The van der Waals surface area contributed by atoms with Crippen LogP contribution < -0.4 is 10.2 Å². The number of anilines is 1. The molecule has 6 nitrogen and oxygen atoms in total. The third-order valence-corrected chi connectivity index (χ3v) is 6.24. The molecule has 2 heterocycles. The second-order valence-electron chi connectivity index (χ2n) is 7.24. The molecule has 4 rings (SSSR count). The summed E-state index contributed by atoms with van der Waals surface area (Å²) in [7, 11) is 1.87. The minimum atomic E-state index is -0.0754. The molecule has 0 radical (unpaired) electrons. The molecule has 154 valence electrons. The van der Waals surface area contributed by atoms with Gasteiger partial charge < -0.3 is 10.2 Å². The van der Waals surface area contributed by atoms with E-state index in [1.165, 1.54) is 5.56 Å². The van der Waals surface area contributed by atoms with Crippen molar-refractivity contribution in [2.75, 3.05) is 18.5 Å². The van der Waals surface area contributed by atoms with Crippen molar-refractivity contribution in [1.82, 2.24) is 20.1 Å². The number of carbonyl (C=O) groups is 1. The number of aryl methyl sites for hydroxylation is 2. The fourth-order valence-corrected chi connectivity index (χ4v) is 4.30. The van der Waals surface area contributed by atoms with Gasteiger partial charge in [-0.05, 0) is 43.7 Å². The minimum Gasteiger partial charge on any atom is -0.350 e. The highest BCUT2D eigenvalue weighted by atomic mass is 35.5. The number of nitrogens with zero attached hydrogens (tertiary/aromatic N) is 4. The van der Waals surface area contributed by atoms with E-state index in [1.54, 1.807) is 11.3 Å². The molecule has 0 fully saturated rings. The van der Waals surface area contributed by atoms with Crippen molar-refractivity contribution in [3.8, 4) is 5.69 Å². The lowest BCUT2D eigenvalue weighted by atomic mass is 10.2. The van der Waals surface area contributed by atoms with Crippen molar-refractivity contribution in [1.29, 1.82) is 0 Å². The molecule has 0 unspecified atom stereocenters. The number of carbonyl (C=O) groups excluding carboxylic acids is 1. The second kappa shape index (κ2) is 8.45. The van der Waals surface area contributed by atoms with E-state index in [-0.39, 0.29) is 12.5 Å². The smallest absolute Gasteiger partial charge is 0.239 e. The Morgan fingerprint density at radius 2 is 1.97 bits per heavy atom. The normalized spacial score (nSPS) is 11.1. The Labute approximate surface area is 184 Å². The van der Waals surface area contributed by atoms with E-state index >= 15 is 0 Å². The van der Waals surface area contributed by atoms with Gasteiger partial charge in [-0.15, -0.1) is 0 Å². The summed E-state index contributed by atoms with van der Waals surface area (Å²) in [4.78, 5) is 19.0. The lowest BCUT2D eigenvalue weighted by Crippen LogP contribution is -2.34. The van der Waals surface area contributed by atoms with E-state index in [0.717, 1.165) is 32.4 Å². The van der Waals surface area contributed by atoms with Gasteiger partial charge in [-0.1, -0.05) is 52.8 Å². The van der Waals surface area contributed by atoms with Crippen molar-refractivity contribution in [2.24, 2.45) is 0 Å². The lowest BCUT2D eigenvalue weighted by Gasteiger charge is -2.15. The number of hydrogen-bond acceptors (Lipinski definition) is 5. The molecular formula is C22H22ClN5OS. The number of likely N-dealkylation sites (N-methyl/N-ethyl adjacent to an activating group) is 1. The summed E-state index contributed by atoms with van der Waals surface area (Å²) in [5.41, 5.74) is 4.86. The van der Waals surface area contributed by atoms with Crippen LogP contribution in [0.5, 0.6) is 0 Å². The van der Waals surface area contributed by atoms with Crippen LogP contribution in [0.1, 0.15) is 16.8 Å². The summed E-state index contributed by atoms with van der Waals surface area (Å²) in [6.07, 6.45) is 0. The Bertz CT molecular complexity index is 1200. The highest BCUT2D eigenvalue weighted by molar-refractivity contribution is 7.22. The number of amides is 1. The van der Waals surface area contributed by atoms with Crippen LogP contribution in [-0.4, -0.2) is 34.3 Å². The average molecular weight is 440 g/mol. The number of nitrogens with one attached hydrogen (secondary N) is 1. The third-order valence-electron chi connectivity index (χ3n) is 4.74. The summed E-state index contributed by atoms with van der Waals surface area (Å²) < 4.78 is 2.88. The van der Waals surface area contributed by atoms with E-state index in [9.17, 15) is 4.79 Å². The molecule has 30 heavy (non-hydrogen) atoms. The Morgan fingerprint density at radius 1 is 1.20 bits per heavy atom. The van der Waals surface area contributed by atoms with Gasteiger partial charge >= 0.3 is 0 Å². The van der Waals surface area contributed by atoms with E-state index in [2.05, 4.69) is 29.5 Å². The summed E-state index contributed by atoms with van der Waals surface area (Å²) in [5, 5.41) is 9.01. The van der Waals surface area contributed by atoms with Gasteiger partial charge in [0.1, 0.15) is 0 Å². The molecular weight excluding hydrogens is 418 g/mol. The molecule has 0 aliphatic rings. The third kappa shape index (κ3) is 4.32. The standard InChI is InChI=1S/C22H22ClN5OS/c1-14-7-9-18(10-8-14)28-21-20(15(2)26-28)30-22(25-21)27(3)13-19(29)24-12-16-5-4-6-17(23)11-16/h4-11H,12-13H2,1-3H3,(H,24,29). The number of aromatic nitrogens is 3. The van der Waals surface area contributed by atoms with Crippen molar-refractivity contribution in [3.05, 3.63) is 70.4 Å². The molecule has 0 aliphatic carbocycles. The quantitative estimate of drug-likeness (QED) is 0.480. The number of hydrogen-bond donors (Lipinski definition) is 1. The van der Waals surface area contributed by atoms with Gasteiger partial charge in [0.2, 0.25) is 5.91 Å². The lowest BCUT2D eigenvalue weighted by molar-refractivity contribution is -0.119. The van der Waals surface area contributed by atoms with Crippen molar-refractivity contribution in [3.63, 3.8) is 0 Å². The number of halogens is 1. The SMILES string of the molecule is Cc1ccc(-n2nc(C)c3sc(N(C)CC(=O)NCc4cccc(Cl)c4)nc32)cc1. The monoisotopic (exact) mass is 439 g/mol. The maximum absolute atomic E-state index is 12.4. The molecule has 0 saturated heterocycles. The second-order valence-corrected chi connectivity index (χ2v) is 8.66. The van der Waals surface area contributed by atoms with E-state index < -0.39 is 0 Å². The van der Waals surface area contributed by atoms with Gasteiger partial charge in [-0.3, -0.25) is 4.79 Å². The van der Waals surface area contributed by atoms with Crippen molar-refractivity contribution < 1.29 is 4.79 Å². The summed E-state index contributed by atoms with van der Waals surface area (Å²) in [6.45, 7) is 4.69. The van der Waals surface area contributed by atoms with Crippen molar-refractivity contribution in [2.45, 2.75) is 20.4 Å². The molecule has 2 aromatic carbocycles. The molecule has 4 aromatic rings. The molecule has 0 saturated carbocycles. The van der Waals surface area contributed by atoms with Crippen LogP contribution >= 0.6 is 22.9 Å². The highest BCUT2D eigenvalue weighted by Gasteiger charge is 2.18. The predicted octanol–water partition coefficient (Wildman–Crippen LogP) is 4.50. The van der Waals surface area contributed by atoms with Gasteiger partial charge in [0.05, 0.1) is 22.6 Å². The molecule has 1 N–H and O–H groups in total. The molecule has 1 amide bonds. The molecule has 0 bridgehead atoms. The summed E-state index contributed by atoms with van der Waals surface area (Å²) in [5.74, 6) is -0.0754. The van der Waals surface area contributed by atoms with Gasteiger partial charge in [0.25, 0.3) is 0 Å². The van der Waals surface area contributed by atoms with Crippen LogP contribution in [0, 0.1) is 13.8 Å². The maximum Gasteiger partial charge on any atom is 0.239 e. The Hall–Kier alpha value is -2.90. The summed E-state index contributed by atoms with van der Waals surface area (Å²) >= 11 is 7.54. The number of rotatable bonds is 6. The molecule has 0 spiro atoms.